The highest BCUT2D eigenvalue weighted by Crippen LogP contribution is 2.43. The van der Waals surface area contributed by atoms with Gasteiger partial charge in [0.15, 0.2) is 0 Å². The van der Waals surface area contributed by atoms with Crippen LogP contribution in [0.5, 0.6) is 11.5 Å². The Labute approximate surface area is 207 Å². The molecule has 1 amide bonds. The van der Waals surface area contributed by atoms with Gasteiger partial charge in [0.05, 0.1) is 24.3 Å². The molecule has 0 bridgehead atoms. The highest BCUT2D eigenvalue weighted by molar-refractivity contribution is 6.46. The SMILES string of the molecule is CC(C)COc1ccc(/C(O)=C2/C(=O)C(=O)N(C3CCCC3)C2c2ccc(OC(C)C)cc2)cc1. The highest BCUT2D eigenvalue weighted by Gasteiger charge is 2.49. The van der Waals surface area contributed by atoms with Gasteiger partial charge in [-0.05, 0) is 74.6 Å². The van der Waals surface area contributed by atoms with Crippen LogP contribution >= 0.6 is 0 Å². The summed E-state index contributed by atoms with van der Waals surface area (Å²) in [4.78, 5) is 28.2. The molecule has 0 radical (unpaired) electrons. The number of hydrogen-bond donors (Lipinski definition) is 1. The number of hydrogen-bond acceptors (Lipinski definition) is 5. The first-order chi connectivity index (χ1) is 16.8. The number of carbonyl (C=O) groups is 2. The van der Waals surface area contributed by atoms with E-state index in [1.54, 1.807) is 29.2 Å². The Morgan fingerprint density at radius 3 is 2.11 bits per heavy atom. The molecule has 6 heteroatoms. The van der Waals surface area contributed by atoms with Crippen LogP contribution in [0.2, 0.25) is 0 Å². The number of amides is 1. The molecular formula is C29H35NO5. The molecule has 186 valence electrons. The average molecular weight is 478 g/mol. The Kier molecular flexibility index (Phi) is 7.48. The van der Waals surface area contributed by atoms with Crippen LogP contribution in [0.15, 0.2) is 54.1 Å². The van der Waals surface area contributed by atoms with E-state index >= 15 is 0 Å². The van der Waals surface area contributed by atoms with Crippen molar-refractivity contribution in [1.29, 1.82) is 0 Å². The van der Waals surface area contributed by atoms with Crippen LogP contribution in [0, 0.1) is 5.92 Å². The van der Waals surface area contributed by atoms with Crippen LogP contribution in [0.4, 0.5) is 0 Å². The molecule has 2 aromatic rings. The van der Waals surface area contributed by atoms with E-state index in [4.69, 9.17) is 9.47 Å². The zero-order chi connectivity index (χ0) is 25.1. The van der Waals surface area contributed by atoms with E-state index in [-0.39, 0.29) is 23.5 Å². The van der Waals surface area contributed by atoms with Gasteiger partial charge < -0.3 is 19.5 Å². The number of likely N-dealkylation sites (tertiary alicyclic amines) is 1. The van der Waals surface area contributed by atoms with Gasteiger partial charge in [-0.25, -0.2) is 0 Å². The van der Waals surface area contributed by atoms with Crippen molar-refractivity contribution in [2.75, 3.05) is 6.61 Å². The predicted octanol–water partition coefficient (Wildman–Crippen LogP) is 5.87. The van der Waals surface area contributed by atoms with Crippen LogP contribution in [0.3, 0.4) is 0 Å². The Balaban J connectivity index is 1.73. The summed E-state index contributed by atoms with van der Waals surface area (Å²) in [5.41, 5.74) is 1.40. The zero-order valence-electron chi connectivity index (χ0n) is 21.0. The molecule has 1 aliphatic heterocycles. The lowest BCUT2D eigenvalue weighted by Crippen LogP contribution is -2.37. The summed E-state index contributed by atoms with van der Waals surface area (Å²) in [5.74, 6) is 0.473. The fourth-order valence-electron chi connectivity index (χ4n) is 4.86. The molecule has 1 N–H and O–H groups in total. The Hall–Kier alpha value is -3.28. The molecule has 35 heavy (non-hydrogen) atoms. The molecule has 2 aromatic carbocycles. The first kappa shape index (κ1) is 24.8. The molecule has 4 rings (SSSR count). The van der Waals surface area contributed by atoms with Crippen LogP contribution in [0.25, 0.3) is 5.76 Å². The second-order valence-corrected chi connectivity index (χ2v) is 10.1. The lowest BCUT2D eigenvalue weighted by Gasteiger charge is -2.31. The van der Waals surface area contributed by atoms with Crippen molar-refractivity contribution in [3.63, 3.8) is 0 Å². The molecule has 1 heterocycles. The van der Waals surface area contributed by atoms with E-state index in [1.165, 1.54) is 0 Å². The second-order valence-electron chi connectivity index (χ2n) is 10.1. The van der Waals surface area contributed by atoms with Crippen LogP contribution < -0.4 is 9.47 Å². The summed E-state index contributed by atoms with van der Waals surface area (Å²) in [7, 11) is 0. The average Bonchev–Trinajstić information content (AvgIpc) is 3.44. The standard InChI is InChI=1S/C29H35NO5/c1-18(2)17-34-23-13-11-21(12-14-23)27(31)25-26(20-9-15-24(16-10-20)35-19(3)4)30(29(33)28(25)32)22-7-5-6-8-22/h9-16,18-19,22,26,31H,5-8,17H2,1-4H3/b27-25-. The number of carbonyl (C=O) groups excluding carboxylic acids is 2. The summed E-state index contributed by atoms with van der Waals surface area (Å²) in [6.45, 7) is 8.66. The van der Waals surface area contributed by atoms with Gasteiger partial charge in [0.1, 0.15) is 17.3 Å². The minimum atomic E-state index is -0.637. The lowest BCUT2D eigenvalue weighted by atomic mass is 9.94. The minimum Gasteiger partial charge on any atom is -0.507 e. The quantitative estimate of drug-likeness (QED) is 0.292. The maximum Gasteiger partial charge on any atom is 0.295 e. The highest BCUT2D eigenvalue weighted by atomic mass is 16.5. The molecule has 1 atom stereocenters. The summed E-state index contributed by atoms with van der Waals surface area (Å²) >= 11 is 0. The molecule has 1 saturated carbocycles. The number of benzene rings is 2. The van der Waals surface area contributed by atoms with E-state index < -0.39 is 17.7 Å². The van der Waals surface area contributed by atoms with E-state index in [0.717, 1.165) is 37.0 Å². The van der Waals surface area contributed by atoms with Gasteiger partial charge >= 0.3 is 0 Å². The van der Waals surface area contributed by atoms with Gasteiger partial charge in [-0.1, -0.05) is 38.8 Å². The van der Waals surface area contributed by atoms with Crippen molar-refractivity contribution < 1.29 is 24.2 Å². The van der Waals surface area contributed by atoms with E-state index in [0.29, 0.717) is 23.8 Å². The Morgan fingerprint density at radius 1 is 0.943 bits per heavy atom. The fourth-order valence-corrected chi connectivity index (χ4v) is 4.86. The molecule has 1 saturated heterocycles. The van der Waals surface area contributed by atoms with Gasteiger partial charge in [-0.3, -0.25) is 9.59 Å². The fraction of sp³-hybridized carbons (Fsp3) is 0.448. The Morgan fingerprint density at radius 2 is 1.54 bits per heavy atom. The van der Waals surface area contributed by atoms with E-state index in [2.05, 4.69) is 13.8 Å². The third kappa shape index (κ3) is 5.37. The molecule has 2 fully saturated rings. The number of Topliss-reactive ketones (excluding diaryl/α,β-unsaturated/α-hetero) is 1. The van der Waals surface area contributed by atoms with Gasteiger partial charge in [-0.2, -0.15) is 0 Å². The number of ether oxygens (including phenoxy) is 2. The van der Waals surface area contributed by atoms with Crippen LogP contribution in [0.1, 0.15) is 70.5 Å². The summed E-state index contributed by atoms with van der Waals surface area (Å²) < 4.78 is 11.5. The monoisotopic (exact) mass is 477 g/mol. The van der Waals surface area contributed by atoms with Crippen molar-refractivity contribution in [3.8, 4) is 11.5 Å². The van der Waals surface area contributed by atoms with Crippen molar-refractivity contribution in [3.05, 3.63) is 65.2 Å². The van der Waals surface area contributed by atoms with Gasteiger partial charge in [0.2, 0.25) is 0 Å². The topological polar surface area (TPSA) is 76.1 Å². The number of aliphatic hydroxyl groups excluding tert-OH is 1. The molecule has 1 aliphatic carbocycles. The largest absolute Gasteiger partial charge is 0.507 e. The number of ketones is 1. The predicted molar refractivity (Wildman–Crippen MR) is 135 cm³/mol. The Bertz CT molecular complexity index is 1080. The van der Waals surface area contributed by atoms with Crippen molar-refractivity contribution in [2.24, 2.45) is 5.92 Å². The van der Waals surface area contributed by atoms with Gasteiger partial charge in [-0.15, -0.1) is 0 Å². The number of rotatable bonds is 8. The zero-order valence-corrected chi connectivity index (χ0v) is 21.0. The van der Waals surface area contributed by atoms with Gasteiger partial charge in [0.25, 0.3) is 11.7 Å². The minimum absolute atomic E-state index is 0.0137. The molecule has 0 aromatic heterocycles. The van der Waals surface area contributed by atoms with Crippen molar-refractivity contribution in [2.45, 2.75) is 71.6 Å². The van der Waals surface area contributed by atoms with Crippen LogP contribution in [-0.4, -0.2) is 40.4 Å². The third-order valence-electron chi connectivity index (χ3n) is 6.48. The maximum absolute atomic E-state index is 13.3. The molecule has 2 aliphatic rings. The molecule has 0 spiro atoms. The summed E-state index contributed by atoms with van der Waals surface area (Å²) in [5, 5.41) is 11.3. The third-order valence-corrected chi connectivity index (χ3v) is 6.48. The van der Waals surface area contributed by atoms with Crippen molar-refractivity contribution in [1.82, 2.24) is 4.90 Å². The van der Waals surface area contributed by atoms with E-state index in [9.17, 15) is 14.7 Å². The van der Waals surface area contributed by atoms with Gasteiger partial charge in [0, 0.05) is 11.6 Å². The molecular weight excluding hydrogens is 442 g/mol. The maximum atomic E-state index is 13.3. The summed E-state index contributed by atoms with van der Waals surface area (Å²) in [6.07, 6.45) is 3.82. The normalized spacial score (nSPS) is 20.3. The lowest BCUT2D eigenvalue weighted by molar-refractivity contribution is -0.141. The summed E-state index contributed by atoms with van der Waals surface area (Å²) in [6, 6.07) is 13.8. The van der Waals surface area contributed by atoms with E-state index in [1.807, 2.05) is 38.1 Å². The van der Waals surface area contributed by atoms with Crippen molar-refractivity contribution >= 4 is 17.4 Å². The first-order valence-corrected chi connectivity index (χ1v) is 12.6. The van der Waals surface area contributed by atoms with Crippen LogP contribution in [-0.2, 0) is 9.59 Å². The number of aliphatic hydroxyl groups is 1. The number of nitrogens with zero attached hydrogens (tertiary/aromatic N) is 1. The second kappa shape index (κ2) is 10.5. The smallest absolute Gasteiger partial charge is 0.295 e. The first-order valence-electron chi connectivity index (χ1n) is 12.6. The molecule has 6 nitrogen and oxygen atoms in total. The molecule has 1 unspecified atom stereocenters.